The molecule has 1 aromatic carbocycles. The van der Waals surface area contributed by atoms with Gasteiger partial charge in [0.15, 0.2) is 0 Å². The fourth-order valence-electron chi connectivity index (χ4n) is 1.61. The number of rotatable bonds is 5. The molecule has 0 aliphatic carbocycles. The quantitative estimate of drug-likeness (QED) is 0.783. The minimum absolute atomic E-state index is 0.0573. The van der Waals surface area contributed by atoms with Crippen LogP contribution in [0.1, 0.15) is 23.7 Å². The van der Waals surface area contributed by atoms with E-state index in [-0.39, 0.29) is 5.91 Å². The maximum absolute atomic E-state index is 12.2. The van der Waals surface area contributed by atoms with Crippen LogP contribution in [-0.2, 0) is 0 Å². The molecule has 4 heteroatoms. The van der Waals surface area contributed by atoms with Crippen LogP contribution in [-0.4, -0.2) is 31.0 Å². The molecule has 0 spiro atoms. The number of nitrogens with zero attached hydrogens (tertiary/aromatic N) is 1. The number of terminal acetylenes is 1. The molecule has 1 rings (SSSR count). The van der Waals surface area contributed by atoms with Gasteiger partial charge in [-0.3, -0.25) is 4.79 Å². The molecule has 0 unspecified atom stereocenters. The first kappa shape index (κ1) is 14.6. The largest absolute Gasteiger partial charge is 0.496 e. The number of methoxy groups -OCH3 is 1. The van der Waals surface area contributed by atoms with Crippen LogP contribution in [0.3, 0.4) is 0 Å². The minimum Gasteiger partial charge on any atom is -0.496 e. The summed E-state index contributed by atoms with van der Waals surface area (Å²) in [5.74, 6) is 3.15. The van der Waals surface area contributed by atoms with Crippen molar-refractivity contribution in [3.8, 4) is 18.1 Å². The Kier molecular flexibility index (Phi) is 5.73. The molecule has 0 saturated heterocycles. The molecule has 3 nitrogen and oxygen atoms in total. The van der Waals surface area contributed by atoms with Crippen LogP contribution in [0.5, 0.6) is 5.75 Å². The first-order chi connectivity index (χ1) is 8.63. The average Bonchev–Trinajstić information content (AvgIpc) is 2.37. The molecule has 0 radical (unpaired) electrons. The number of halogens is 1. The van der Waals surface area contributed by atoms with Crippen LogP contribution >= 0.6 is 15.9 Å². The van der Waals surface area contributed by atoms with Crippen molar-refractivity contribution >= 4 is 21.8 Å². The molecule has 0 aromatic heterocycles. The molecule has 1 aromatic rings. The number of amides is 1. The molecule has 0 heterocycles. The van der Waals surface area contributed by atoms with E-state index in [2.05, 4.69) is 21.9 Å². The predicted molar refractivity (Wildman–Crippen MR) is 75.7 cm³/mol. The molecule has 18 heavy (non-hydrogen) atoms. The maximum Gasteiger partial charge on any atom is 0.254 e. The van der Waals surface area contributed by atoms with Crippen molar-refractivity contribution in [1.82, 2.24) is 4.90 Å². The summed E-state index contributed by atoms with van der Waals surface area (Å²) in [7, 11) is 1.59. The van der Waals surface area contributed by atoms with E-state index in [0.29, 0.717) is 24.4 Å². The van der Waals surface area contributed by atoms with Gasteiger partial charge in [0.1, 0.15) is 5.75 Å². The summed E-state index contributed by atoms with van der Waals surface area (Å²) < 4.78 is 5.89. The Labute approximate surface area is 116 Å². The highest BCUT2D eigenvalue weighted by molar-refractivity contribution is 9.10. The molecule has 0 bridgehead atoms. The molecule has 0 atom stereocenters. The number of hydrogen-bond donors (Lipinski definition) is 0. The average molecular weight is 310 g/mol. The van der Waals surface area contributed by atoms with Crippen molar-refractivity contribution in [2.75, 3.05) is 20.2 Å². The Morgan fingerprint density at radius 3 is 2.78 bits per heavy atom. The topological polar surface area (TPSA) is 29.5 Å². The van der Waals surface area contributed by atoms with Gasteiger partial charge in [0.05, 0.1) is 18.1 Å². The predicted octanol–water partition coefficient (Wildman–Crippen LogP) is 2.94. The van der Waals surface area contributed by atoms with E-state index >= 15 is 0 Å². The highest BCUT2D eigenvalue weighted by atomic mass is 79.9. The lowest BCUT2D eigenvalue weighted by atomic mass is 10.2. The zero-order chi connectivity index (χ0) is 13.5. The SMILES string of the molecule is C#CCN(CCC)C(=O)c1ccc(OC)c(Br)c1. The van der Waals surface area contributed by atoms with Crippen molar-refractivity contribution in [2.45, 2.75) is 13.3 Å². The van der Waals surface area contributed by atoms with Gasteiger partial charge in [-0.25, -0.2) is 0 Å². The molecule has 0 aliphatic rings. The van der Waals surface area contributed by atoms with Crippen molar-refractivity contribution in [2.24, 2.45) is 0 Å². The van der Waals surface area contributed by atoms with E-state index < -0.39 is 0 Å². The van der Waals surface area contributed by atoms with Crippen molar-refractivity contribution in [1.29, 1.82) is 0 Å². The molecule has 0 N–H and O–H groups in total. The molecular formula is C14H16BrNO2. The van der Waals surface area contributed by atoms with E-state index in [4.69, 9.17) is 11.2 Å². The summed E-state index contributed by atoms with van der Waals surface area (Å²) in [5.41, 5.74) is 0.603. The molecule has 1 amide bonds. The van der Waals surface area contributed by atoms with Crippen molar-refractivity contribution in [3.63, 3.8) is 0 Å². The Hall–Kier alpha value is -1.47. The number of carbonyl (C=O) groups excluding carboxylic acids is 1. The summed E-state index contributed by atoms with van der Waals surface area (Å²) in [6, 6.07) is 5.25. The van der Waals surface area contributed by atoms with Crippen LogP contribution in [0, 0.1) is 12.3 Å². The zero-order valence-electron chi connectivity index (χ0n) is 10.6. The van der Waals surface area contributed by atoms with Gasteiger partial charge >= 0.3 is 0 Å². The first-order valence-electron chi connectivity index (χ1n) is 5.70. The second kappa shape index (κ2) is 7.07. The Balaban J connectivity index is 2.95. The van der Waals surface area contributed by atoms with Gasteiger partial charge in [-0.1, -0.05) is 12.8 Å². The third-order valence-electron chi connectivity index (χ3n) is 2.46. The molecule has 0 fully saturated rings. The van der Waals surface area contributed by atoms with Crippen LogP contribution in [0.15, 0.2) is 22.7 Å². The second-order valence-corrected chi connectivity index (χ2v) is 4.63. The lowest BCUT2D eigenvalue weighted by Crippen LogP contribution is -2.32. The second-order valence-electron chi connectivity index (χ2n) is 3.78. The summed E-state index contributed by atoms with van der Waals surface area (Å²) in [6.45, 7) is 3.00. The zero-order valence-corrected chi connectivity index (χ0v) is 12.2. The molecule has 0 saturated carbocycles. The third kappa shape index (κ3) is 3.51. The van der Waals surface area contributed by atoms with Gasteiger partial charge in [-0.2, -0.15) is 0 Å². The van der Waals surface area contributed by atoms with Crippen LogP contribution in [0.4, 0.5) is 0 Å². The molecule has 0 aliphatic heterocycles. The number of carbonyl (C=O) groups is 1. The van der Waals surface area contributed by atoms with Gasteiger partial charge in [-0.15, -0.1) is 6.42 Å². The van der Waals surface area contributed by atoms with Crippen molar-refractivity contribution < 1.29 is 9.53 Å². The van der Waals surface area contributed by atoms with Crippen LogP contribution < -0.4 is 4.74 Å². The van der Waals surface area contributed by atoms with Gasteiger partial charge in [0.2, 0.25) is 0 Å². The Morgan fingerprint density at radius 1 is 1.56 bits per heavy atom. The van der Waals surface area contributed by atoms with Crippen molar-refractivity contribution in [3.05, 3.63) is 28.2 Å². The smallest absolute Gasteiger partial charge is 0.254 e. The lowest BCUT2D eigenvalue weighted by molar-refractivity contribution is 0.0777. The number of hydrogen-bond acceptors (Lipinski definition) is 2. The minimum atomic E-state index is -0.0573. The fraction of sp³-hybridized carbons (Fsp3) is 0.357. The summed E-state index contributed by atoms with van der Waals surface area (Å²) in [6.07, 6.45) is 6.16. The van der Waals surface area contributed by atoms with E-state index in [9.17, 15) is 4.79 Å². The summed E-state index contributed by atoms with van der Waals surface area (Å²) in [4.78, 5) is 13.9. The highest BCUT2D eigenvalue weighted by Crippen LogP contribution is 2.26. The Morgan fingerprint density at radius 2 is 2.28 bits per heavy atom. The monoisotopic (exact) mass is 309 g/mol. The molecular weight excluding hydrogens is 294 g/mol. The number of ether oxygens (including phenoxy) is 1. The summed E-state index contributed by atoms with van der Waals surface area (Å²) in [5, 5.41) is 0. The van der Waals surface area contributed by atoms with Gasteiger partial charge in [-0.05, 0) is 40.5 Å². The maximum atomic E-state index is 12.2. The number of benzene rings is 1. The normalized spacial score (nSPS) is 9.67. The van der Waals surface area contributed by atoms with Gasteiger partial charge in [0, 0.05) is 12.1 Å². The highest BCUT2D eigenvalue weighted by Gasteiger charge is 2.15. The molecule has 96 valence electrons. The third-order valence-corrected chi connectivity index (χ3v) is 3.08. The summed E-state index contributed by atoms with van der Waals surface area (Å²) >= 11 is 3.37. The Bertz CT molecular complexity index is 465. The van der Waals surface area contributed by atoms with E-state index in [1.807, 2.05) is 6.92 Å². The van der Waals surface area contributed by atoms with E-state index in [1.54, 1.807) is 30.2 Å². The van der Waals surface area contributed by atoms with Crippen LogP contribution in [0.25, 0.3) is 0 Å². The van der Waals surface area contributed by atoms with E-state index in [1.165, 1.54) is 0 Å². The fourth-order valence-corrected chi connectivity index (χ4v) is 2.16. The van der Waals surface area contributed by atoms with Crippen LogP contribution in [0.2, 0.25) is 0 Å². The van der Waals surface area contributed by atoms with E-state index in [0.717, 1.165) is 10.9 Å². The lowest BCUT2D eigenvalue weighted by Gasteiger charge is -2.19. The first-order valence-corrected chi connectivity index (χ1v) is 6.49. The standard InChI is InChI=1S/C14H16BrNO2/c1-4-8-16(9-5-2)14(17)11-6-7-13(18-3)12(15)10-11/h1,6-7,10H,5,8-9H2,2-3H3. The van der Waals surface area contributed by atoms with Gasteiger partial charge < -0.3 is 9.64 Å². The van der Waals surface area contributed by atoms with Gasteiger partial charge in [0.25, 0.3) is 5.91 Å².